The number of anilines is 1. The predicted molar refractivity (Wildman–Crippen MR) is 102 cm³/mol. The molecule has 1 heterocycles. The summed E-state index contributed by atoms with van der Waals surface area (Å²) in [4.78, 5) is 20.8. The van der Waals surface area contributed by atoms with Gasteiger partial charge < -0.3 is 10.1 Å². The van der Waals surface area contributed by atoms with Crippen molar-refractivity contribution in [3.05, 3.63) is 66.5 Å². The van der Waals surface area contributed by atoms with Gasteiger partial charge in [-0.1, -0.05) is 42.2 Å². The third-order valence-corrected chi connectivity index (χ3v) is 3.74. The Labute approximate surface area is 152 Å². The molecule has 0 spiro atoms. The van der Waals surface area contributed by atoms with E-state index in [1.807, 2.05) is 54.6 Å². The maximum Gasteiger partial charge on any atom is 0.329 e. The minimum atomic E-state index is -0.607. The number of aromatic nitrogens is 2. The lowest BCUT2D eigenvalue weighted by atomic mass is 10.1. The number of nitrogens with zero attached hydrogens (tertiary/aromatic N) is 2. The number of hydrogen-bond donors (Lipinski definition) is 1. The Morgan fingerprint density at radius 2 is 1.88 bits per heavy atom. The molecule has 0 fully saturated rings. The molecule has 1 atom stereocenters. The molecule has 0 bridgehead atoms. The molecule has 0 saturated heterocycles. The summed E-state index contributed by atoms with van der Waals surface area (Å²) < 4.78 is 5.18. The zero-order valence-corrected chi connectivity index (χ0v) is 14.5. The number of para-hydroxylation sites is 1. The monoisotopic (exact) mass is 345 g/mol. The largest absolute Gasteiger partial charge is 0.464 e. The topological polar surface area (TPSA) is 64.1 Å². The summed E-state index contributed by atoms with van der Waals surface area (Å²) >= 11 is 0. The normalized spacial score (nSPS) is 11.3. The molecule has 0 aliphatic rings. The van der Waals surface area contributed by atoms with Crippen molar-refractivity contribution in [1.29, 1.82) is 0 Å². The van der Waals surface area contributed by atoms with E-state index in [1.54, 1.807) is 6.92 Å². The summed E-state index contributed by atoms with van der Waals surface area (Å²) in [5.41, 5.74) is 1.71. The molecule has 3 aromatic rings. The highest BCUT2D eigenvalue weighted by Crippen LogP contribution is 2.19. The van der Waals surface area contributed by atoms with E-state index >= 15 is 0 Å². The fourth-order valence-corrected chi connectivity index (χ4v) is 2.50. The van der Waals surface area contributed by atoms with Gasteiger partial charge in [-0.15, -0.1) is 0 Å². The van der Waals surface area contributed by atoms with Gasteiger partial charge in [-0.2, -0.15) is 0 Å². The number of carbonyl (C=O) groups is 1. The lowest BCUT2D eigenvalue weighted by molar-refractivity contribution is -0.143. The molecule has 3 rings (SSSR count). The van der Waals surface area contributed by atoms with E-state index in [0.717, 1.165) is 16.5 Å². The van der Waals surface area contributed by atoms with Crippen molar-refractivity contribution in [2.75, 3.05) is 11.9 Å². The van der Waals surface area contributed by atoms with Gasteiger partial charge in [0.2, 0.25) is 0 Å². The number of ether oxygens (including phenoxy) is 1. The van der Waals surface area contributed by atoms with Gasteiger partial charge in [-0.3, -0.25) is 0 Å². The Hall–Kier alpha value is -3.39. The van der Waals surface area contributed by atoms with Crippen molar-refractivity contribution in [2.24, 2.45) is 0 Å². The Morgan fingerprint density at radius 3 is 2.69 bits per heavy atom. The summed E-state index contributed by atoms with van der Waals surface area (Å²) in [6.45, 7) is 2.10. The van der Waals surface area contributed by atoms with Crippen molar-refractivity contribution in [1.82, 2.24) is 9.97 Å². The molecule has 26 heavy (non-hydrogen) atoms. The van der Waals surface area contributed by atoms with Crippen LogP contribution in [0.2, 0.25) is 0 Å². The number of rotatable bonds is 5. The molecule has 5 nitrogen and oxygen atoms in total. The average molecular weight is 345 g/mol. The van der Waals surface area contributed by atoms with Crippen LogP contribution in [0, 0.1) is 11.8 Å². The first-order valence-corrected chi connectivity index (χ1v) is 8.44. The van der Waals surface area contributed by atoms with Crippen LogP contribution in [0.3, 0.4) is 0 Å². The first kappa shape index (κ1) is 17.4. The minimum absolute atomic E-state index is 0.312. The zero-order valence-electron chi connectivity index (χ0n) is 14.5. The van der Waals surface area contributed by atoms with Gasteiger partial charge in [-0.25, -0.2) is 14.8 Å². The molecule has 0 saturated carbocycles. The van der Waals surface area contributed by atoms with E-state index in [4.69, 9.17) is 4.74 Å². The summed E-state index contributed by atoms with van der Waals surface area (Å²) in [6.07, 6.45) is 1.79. The number of fused-ring (bicyclic) bond motifs is 1. The van der Waals surface area contributed by atoms with Gasteiger partial charge in [0.15, 0.2) is 0 Å². The number of hydrogen-bond acceptors (Lipinski definition) is 5. The molecule has 1 unspecified atom stereocenters. The smallest absolute Gasteiger partial charge is 0.329 e. The molecular formula is C21H19N3O2. The molecule has 2 aromatic carbocycles. The average Bonchev–Trinajstić information content (AvgIpc) is 2.68. The molecule has 1 aromatic heterocycles. The number of benzene rings is 2. The van der Waals surface area contributed by atoms with Gasteiger partial charge >= 0.3 is 5.97 Å². The SMILES string of the molecule is CCOC(=O)C(CC#Cc1ccccc1)Nc1ncnc2ccccc12. The van der Waals surface area contributed by atoms with E-state index in [-0.39, 0.29) is 5.97 Å². The molecule has 130 valence electrons. The third-order valence-electron chi connectivity index (χ3n) is 3.74. The predicted octanol–water partition coefficient (Wildman–Crippen LogP) is 3.42. The Balaban J connectivity index is 1.82. The Kier molecular flexibility index (Phi) is 5.79. The van der Waals surface area contributed by atoms with Crippen LogP contribution in [0.1, 0.15) is 18.9 Å². The zero-order chi connectivity index (χ0) is 18.2. The molecule has 1 N–H and O–H groups in total. The van der Waals surface area contributed by atoms with Crippen molar-refractivity contribution in [2.45, 2.75) is 19.4 Å². The van der Waals surface area contributed by atoms with E-state index in [0.29, 0.717) is 18.8 Å². The van der Waals surface area contributed by atoms with Crippen LogP contribution in [0.25, 0.3) is 10.9 Å². The third kappa shape index (κ3) is 4.37. The number of esters is 1. The summed E-state index contributed by atoms with van der Waals surface area (Å²) in [6, 6.07) is 16.7. The lowest BCUT2D eigenvalue weighted by Crippen LogP contribution is -2.31. The van der Waals surface area contributed by atoms with Gasteiger partial charge in [0, 0.05) is 17.4 Å². The molecule has 0 aliphatic carbocycles. The van der Waals surface area contributed by atoms with Crippen LogP contribution in [0.4, 0.5) is 5.82 Å². The van der Waals surface area contributed by atoms with E-state index < -0.39 is 6.04 Å². The van der Waals surface area contributed by atoms with Crippen molar-refractivity contribution in [3.8, 4) is 11.8 Å². The highest BCUT2D eigenvalue weighted by atomic mass is 16.5. The van der Waals surface area contributed by atoms with E-state index in [1.165, 1.54) is 6.33 Å². The van der Waals surface area contributed by atoms with E-state index in [2.05, 4.69) is 27.1 Å². The van der Waals surface area contributed by atoms with Gasteiger partial charge in [0.05, 0.1) is 12.1 Å². The van der Waals surface area contributed by atoms with Crippen LogP contribution in [-0.4, -0.2) is 28.6 Å². The molecule has 0 aliphatic heterocycles. The first-order chi connectivity index (χ1) is 12.8. The summed E-state index contributed by atoms with van der Waals surface area (Å²) in [5, 5.41) is 4.01. The van der Waals surface area contributed by atoms with Gasteiger partial charge in [0.25, 0.3) is 0 Å². The fourth-order valence-electron chi connectivity index (χ4n) is 2.50. The summed E-state index contributed by atoms with van der Waals surface area (Å²) in [7, 11) is 0. The lowest BCUT2D eigenvalue weighted by Gasteiger charge is -2.16. The first-order valence-electron chi connectivity index (χ1n) is 8.44. The second-order valence-electron chi connectivity index (χ2n) is 5.56. The second-order valence-corrected chi connectivity index (χ2v) is 5.56. The van der Waals surface area contributed by atoms with Crippen LogP contribution < -0.4 is 5.32 Å². The highest BCUT2D eigenvalue weighted by Gasteiger charge is 2.20. The van der Waals surface area contributed by atoms with Crippen LogP contribution in [0.5, 0.6) is 0 Å². The maximum absolute atomic E-state index is 12.3. The van der Waals surface area contributed by atoms with Crippen LogP contribution in [-0.2, 0) is 9.53 Å². The number of nitrogens with one attached hydrogen (secondary N) is 1. The van der Waals surface area contributed by atoms with Gasteiger partial charge in [0.1, 0.15) is 18.2 Å². The molecular weight excluding hydrogens is 326 g/mol. The summed E-state index contributed by atoms with van der Waals surface area (Å²) in [5.74, 6) is 6.36. The van der Waals surface area contributed by atoms with Gasteiger partial charge in [-0.05, 0) is 31.2 Å². The van der Waals surface area contributed by atoms with Crippen molar-refractivity contribution in [3.63, 3.8) is 0 Å². The van der Waals surface area contributed by atoms with Crippen LogP contribution in [0.15, 0.2) is 60.9 Å². The highest BCUT2D eigenvalue weighted by molar-refractivity contribution is 5.90. The molecule has 0 radical (unpaired) electrons. The Bertz CT molecular complexity index is 940. The van der Waals surface area contributed by atoms with Crippen molar-refractivity contribution < 1.29 is 9.53 Å². The van der Waals surface area contributed by atoms with Crippen LogP contribution >= 0.6 is 0 Å². The quantitative estimate of drug-likeness (QED) is 0.567. The Morgan fingerprint density at radius 1 is 1.12 bits per heavy atom. The standard InChI is InChI=1S/C21H19N3O2/c1-2-26-21(25)19(14-8-11-16-9-4-3-5-10-16)24-20-17-12-6-7-13-18(17)22-15-23-20/h3-7,9-10,12-13,15,19H,2,14H2,1H3,(H,22,23,24). The fraction of sp³-hybridized carbons (Fsp3) is 0.190. The van der Waals surface area contributed by atoms with Crippen molar-refractivity contribution >= 4 is 22.7 Å². The second kappa shape index (κ2) is 8.63. The van der Waals surface area contributed by atoms with E-state index in [9.17, 15) is 4.79 Å². The molecule has 0 amide bonds. The number of carbonyl (C=O) groups excluding carboxylic acids is 1. The minimum Gasteiger partial charge on any atom is -0.464 e. The maximum atomic E-state index is 12.3. The molecule has 5 heteroatoms.